The molecule has 0 spiro atoms. The molecule has 0 radical (unpaired) electrons. The Kier molecular flexibility index (Phi) is 6.00. The van der Waals surface area contributed by atoms with Crippen LogP contribution in [0.25, 0.3) is 0 Å². The molecule has 0 aromatic carbocycles. The van der Waals surface area contributed by atoms with Gasteiger partial charge in [0.15, 0.2) is 0 Å². The van der Waals surface area contributed by atoms with E-state index in [2.05, 4.69) is 13.3 Å². The molecule has 0 saturated heterocycles. The van der Waals surface area contributed by atoms with Gasteiger partial charge in [-0.15, -0.1) is 0 Å². The Bertz CT molecular complexity index is 252. The van der Waals surface area contributed by atoms with Gasteiger partial charge in [-0.05, 0) is 0 Å². The molecule has 0 fully saturated rings. The lowest BCUT2D eigenvalue weighted by Gasteiger charge is -2.23. The zero-order valence-corrected chi connectivity index (χ0v) is 10.7. The fourth-order valence-electron chi connectivity index (χ4n) is 0.746. The fourth-order valence-corrected chi connectivity index (χ4v) is 2.64. The van der Waals surface area contributed by atoms with E-state index in [1.165, 1.54) is 0 Å². The second-order valence-electron chi connectivity index (χ2n) is 2.53. The van der Waals surface area contributed by atoms with Gasteiger partial charge in [-0.3, -0.25) is 14.4 Å². The van der Waals surface area contributed by atoms with E-state index in [1.54, 1.807) is 0 Å². The van der Waals surface area contributed by atoms with Crippen molar-refractivity contribution in [3.63, 3.8) is 0 Å². The lowest BCUT2D eigenvalue weighted by atomic mass is 10.9. The molecule has 0 saturated carbocycles. The molecule has 0 aromatic heterocycles. The summed E-state index contributed by atoms with van der Waals surface area (Å²) in [6.07, 6.45) is 0. The van der Waals surface area contributed by atoms with Crippen LogP contribution in [-0.4, -0.2) is 33.0 Å². The first kappa shape index (κ1) is 14.9. The second kappa shape index (κ2) is 6.46. The van der Waals surface area contributed by atoms with Crippen LogP contribution in [0, 0.1) is 0 Å². The Morgan fingerprint density at radius 3 is 1.44 bits per heavy atom. The Hall–Kier alpha value is -1.12. The number of hydrogen-bond acceptors (Lipinski definition) is 7. The predicted molar refractivity (Wildman–Crippen MR) is 52.9 cm³/mol. The van der Waals surface area contributed by atoms with Crippen LogP contribution in [0.5, 0.6) is 0 Å². The van der Waals surface area contributed by atoms with Crippen molar-refractivity contribution in [2.24, 2.45) is 0 Å². The summed E-state index contributed by atoms with van der Waals surface area (Å²) in [6.45, 7) is 3.14. The molecule has 92 valence electrons. The van der Waals surface area contributed by atoms with Gasteiger partial charge in [-0.1, -0.05) is 11.6 Å². The summed E-state index contributed by atoms with van der Waals surface area (Å²) in [5, 5.41) is 0. The Morgan fingerprint density at radius 2 is 1.25 bits per heavy atom. The fraction of sp³-hybridized carbons (Fsp3) is 0.571. The second-order valence-corrected chi connectivity index (χ2v) is 4.65. The average Bonchev–Trinajstić information content (AvgIpc) is 1.98. The highest BCUT2D eigenvalue weighted by Crippen LogP contribution is 2.13. The van der Waals surface area contributed by atoms with E-state index < -0.39 is 33.0 Å². The molecule has 16 heavy (non-hydrogen) atoms. The van der Waals surface area contributed by atoms with E-state index in [9.17, 15) is 14.4 Å². The minimum Gasteiger partial charge on any atom is -0.433 e. The summed E-state index contributed by atoms with van der Waals surface area (Å²) in [5.74, 6) is -2.46. The van der Waals surface area contributed by atoms with Gasteiger partial charge in [0.25, 0.3) is 17.9 Å². The molecule has 9 heteroatoms. The summed E-state index contributed by atoms with van der Waals surface area (Å²) in [7, 11) is -4.17. The molecule has 0 amide bonds. The molecule has 0 aliphatic heterocycles. The first-order chi connectivity index (χ1) is 7.31. The van der Waals surface area contributed by atoms with Crippen LogP contribution in [0.4, 0.5) is 0 Å². The summed E-state index contributed by atoms with van der Waals surface area (Å²) < 4.78 is 18.6. The van der Waals surface area contributed by atoms with E-state index in [1.807, 2.05) is 0 Å². The third-order valence-electron chi connectivity index (χ3n) is 1.04. The molecule has 0 rings (SSSR count). The summed E-state index contributed by atoms with van der Waals surface area (Å²) in [5.41, 5.74) is 0. The monoisotopic (exact) mass is 270 g/mol. The highest BCUT2D eigenvalue weighted by molar-refractivity contribution is 6.59. The minimum absolute atomic E-state index is 0.458. The molecule has 0 aliphatic carbocycles. The standard InChI is InChI=1S/C7H11ClO7Si/c1-5(9)13-16(12-4-8,14-6(2)10)15-7(3)11/h4H2,1-3H3. The first-order valence-electron chi connectivity index (χ1n) is 4.10. The maximum atomic E-state index is 10.8. The van der Waals surface area contributed by atoms with E-state index >= 15 is 0 Å². The summed E-state index contributed by atoms with van der Waals surface area (Å²) >= 11 is 5.27. The Labute approximate surface area is 98.0 Å². The van der Waals surface area contributed by atoms with Crippen molar-refractivity contribution in [2.45, 2.75) is 20.8 Å². The molecular formula is C7H11ClO7Si. The van der Waals surface area contributed by atoms with Crippen LogP contribution in [0.1, 0.15) is 20.8 Å². The minimum atomic E-state index is -4.17. The number of carbonyl (C=O) groups excluding carboxylic acids is 3. The zero-order valence-electron chi connectivity index (χ0n) is 8.94. The number of carbonyl (C=O) groups is 3. The highest BCUT2D eigenvalue weighted by Gasteiger charge is 2.57. The normalized spacial score (nSPS) is 10.5. The van der Waals surface area contributed by atoms with Crippen LogP contribution in [0.2, 0.25) is 0 Å². The Balaban J connectivity index is 4.93. The number of halogens is 1. The van der Waals surface area contributed by atoms with Crippen LogP contribution in [-0.2, 0) is 32.1 Å². The van der Waals surface area contributed by atoms with E-state index in [-0.39, 0.29) is 0 Å². The molecule has 0 heterocycles. The molecule has 0 aromatic rings. The first-order valence-corrected chi connectivity index (χ1v) is 6.26. The van der Waals surface area contributed by atoms with Crippen molar-refractivity contribution in [1.29, 1.82) is 0 Å². The SMILES string of the molecule is CC(=O)O[Si](OCCl)(OC(C)=O)OC(C)=O. The predicted octanol–water partition coefficient (Wildman–Crippen LogP) is 0.324. The van der Waals surface area contributed by atoms with Gasteiger partial charge in [-0.2, -0.15) is 0 Å². The van der Waals surface area contributed by atoms with Crippen LogP contribution in [0.15, 0.2) is 0 Å². The van der Waals surface area contributed by atoms with E-state index in [4.69, 9.17) is 16.0 Å². The van der Waals surface area contributed by atoms with Crippen molar-refractivity contribution in [1.82, 2.24) is 0 Å². The zero-order chi connectivity index (χ0) is 12.8. The van der Waals surface area contributed by atoms with Crippen molar-refractivity contribution < 1.29 is 32.1 Å². The number of hydrogen-bond donors (Lipinski definition) is 0. The summed E-state index contributed by atoms with van der Waals surface area (Å²) in [6, 6.07) is -0.458. The van der Waals surface area contributed by atoms with Gasteiger partial charge < -0.3 is 17.7 Å². The average molecular weight is 271 g/mol. The largest absolute Gasteiger partial charge is 0.900 e. The maximum Gasteiger partial charge on any atom is 0.900 e. The Morgan fingerprint density at radius 1 is 0.938 bits per heavy atom. The lowest BCUT2D eigenvalue weighted by Crippen LogP contribution is -2.52. The smallest absolute Gasteiger partial charge is 0.433 e. The van der Waals surface area contributed by atoms with Crippen LogP contribution >= 0.6 is 11.6 Å². The maximum absolute atomic E-state index is 10.8. The molecule has 0 unspecified atom stereocenters. The third kappa shape index (κ3) is 5.68. The highest BCUT2D eigenvalue weighted by atomic mass is 35.5. The quantitative estimate of drug-likeness (QED) is 0.525. The van der Waals surface area contributed by atoms with E-state index in [0.717, 1.165) is 20.8 Å². The molecular weight excluding hydrogens is 260 g/mol. The molecule has 0 N–H and O–H groups in total. The molecule has 0 bridgehead atoms. The molecule has 0 aliphatic rings. The summed E-state index contributed by atoms with van der Waals surface area (Å²) in [4.78, 5) is 32.4. The van der Waals surface area contributed by atoms with Crippen molar-refractivity contribution >= 4 is 38.6 Å². The van der Waals surface area contributed by atoms with Crippen molar-refractivity contribution in [2.75, 3.05) is 6.07 Å². The van der Waals surface area contributed by atoms with E-state index in [0.29, 0.717) is 0 Å². The lowest BCUT2D eigenvalue weighted by molar-refractivity contribution is -0.155. The van der Waals surface area contributed by atoms with Crippen LogP contribution < -0.4 is 0 Å². The third-order valence-corrected chi connectivity index (χ3v) is 3.44. The van der Waals surface area contributed by atoms with Gasteiger partial charge in [-0.25, -0.2) is 0 Å². The van der Waals surface area contributed by atoms with Gasteiger partial charge in [0.1, 0.15) is 6.07 Å². The molecule has 7 nitrogen and oxygen atoms in total. The van der Waals surface area contributed by atoms with Gasteiger partial charge in [0, 0.05) is 20.8 Å². The van der Waals surface area contributed by atoms with Gasteiger partial charge >= 0.3 is 9.05 Å². The number of rotatable bonds is 5. The molecule has 0 atom stereocenters. The topological polar surface area (TPSA) is 88.1 Å². The van der Waals surface area contributed by atoms with Crippen molar-refractivity contribution in [3.05, 3.63) is 0 Å². The van der Waals surface area contributed by atoms with Gasteiger partial charge in [0.05, 0.1) is 0 Å². The number of alkyl halides is 1. The van der Waals surface area contributed by atoms with Crippen LogP contribution in [0.3, 0.4) is 0 Å². The van der Waals surface area contributed by atoms with Crippen molar-refractivity contribution in [3.8, 4) is 0 Å². The van der Waals surface area contributed by atoms with Gasteiger partial charge in [0.2, 0.25) is 0 Å².